The van der Waals surface area contributed by atoms with Crippen LogP contribution in [0.5, 0.6) is 5.75 Å². The number of hydrogen-bond acceptors (Lipinski definition) is 5. The van der Waals surface area contributed by atoms with Gasteiger partial charge in [0.2, 0.25) is 0 Å². The summed E-state index contributed by atoms with van der Waals surface area (Å²) in [5.74, 6) is 0.662. The molecule has 1 aromatic heterocycles. The van der Waals surface area contributed by atoms with E-state index in [-0.39, 0.29) is 6.73 Å². The van der Waals surface area contributed by atoms with Gasteiger partial charge in [0.05, 0.1) is 11.0 Å². The third-order valence-electron chi connectivity index (χ3n) is 3.47. The molecule has 0 saturated carbocycles. The fourth-order valence-corrected chi connectivity index (χ4v) is 2.85. The van der Waals surface area contributed by atoms with Crippen LogP contribution in [0.25, 0.3) is 21.8 Å². The van der Waals surface area contributed by atoms with E-state index in [1.54, 1.807) is 10.6 Å². The zero-order chi connectivity index (χ0) is 16.4. The van der Waals surface area contributed by atoms with E-state index in [0.717, 1.165) is 21.8 Å². The van der Waals surface area contributed by atoms with E-state index in [2.05, 4.69) is 4.18 Å². The Balaban J connectivity index is 2.21. The average Bonchev–Trinajstić information content (AvgIpc) is 2.85. The summed E-state index contributed by atoms with van der Waals surface area (Å²) in [7, 11) is -4.53. The largest absolute Gasteiger partial charge is 0.492 e. The minimum atomic E-state index is -4.53. The number of nitrogens with two attached hydrogens (primary N) is 1. The van der Waals surface area contributed by atoms with E-state index in [9.17, 15) is 8.42 Å². The fraction of sp³-hybridized carbons (Fsp3) is 0.200. The van der Waals surface area contributed by atoms with Crippen molar-refractivity contribution in [3.8, 4) is 5.75 Å². The number of hydrogen-bond donors (Lipinski definition) is 2. The smallest absolute Gasteiger partial charge is 0.399 e. The molecule has 7 nitrogen and oxygen atoms in total. The first-order valence-electron chi connectivity index (χ1n) is 6.96. The Hall–Kier alpha value is -2.13. The third-order valence-corrected chi connectivity index (χ3v) is 3.87. The molecule has 0 aliphatic carbocycles. The van der Waals surface area contributed by atoms with E-state index >= 15 is 0 Å². The van der Waals surface area contributed by atoms with E-state index in [0.29, 0.717) is 18.9 Å². The summed E-state index contributed by atoms with van der Waals surface area (Å²) < 4.78 is 42.5. The highest BCUT2D eigenvalue weighted by Crippen LogP contribution is 2.35. The van der Waals surface area contributed by atoms with Gasteiger partial charge in [-0.25, -0.2) is 4.18 Å². The molecular weight excluding hydrogens is 320 g/mol. The second-order valence-electron chi connectivity index (χ2n) is 4.91. The van der Waals surface area contributed by atoms with Crippen molar-refractivity contribution < 1.29 is 21.9 Å². The summed E-state index contributed by atoms with van der Waals surface area (Å²) in [5.41, 5.74) is 7.00. The molecule has 0 bridgehead atoms. The van der Waals surface area contributed by atoms with Crippen molar-refractivity contribution >= 4 is 32.2 Å². The van der Waals surface area contributed by atoms with Gasteiger partial charge in [-0.05, 0) is 18.2 Å². The van der Waals surface area contributed by atoms with Crippen molar-refractivity contribution in [1.82, 2.24) is 4.57 Å². The van der Waals surface area contributed by atoms with Crippen LogP contribution in [0.3, 0.4) is 0 Å². The van der Waals surface area contributed by atoms with Gasteiger partial charge in [-0.15, -0.1) is 0 Å². The van der Waals surface area contributed by atoms with Crippen LogP contribution in [0.4, 0.5) is 0 Å². The Morgan fingerprint density at radius 2 is 1.83 bits per heavy atom. The molecule has 0 unspecified atom stereocenters. The second-order valence-corrected chi connectivity index (χ2v) is 6.00. The Labute approximate surface area is 133 Å². The highest BCUT2D eigenvalue weighted by molar-refractivity contribution is 7.80. The number of fused-ring (bicyclic) bond motifs is 3. The normalized spacial score (nSPS) is 12.1. The van der Waals surface area contributed by atoms with Gasteiger partial charge in [-0.2, -0.15) is 8.42 Å². The minimum absolute atomic E-state index is 0.330. The SMILES string of the molecule is NCCOc1cccc2c1c1ccccc1n2COS(=O)(=O)O. The van der Waals surface area contributed by atoms with Crippen LogP contribution < -0.4 is 10.5 Å². The maximum Gasteiger partial charge on any atom is 0.399 e. The number of benzene rings is 2. The van der Waals surface area contributed by atoms with Gasteiger partial charge in [-0.3, -0.25) is 4.55 Å². The number of nitrogens with zero attached hydrogens (tertiary/aromatic N) is 1. The minimum Gasteiger partial charge on any atom is -0.492 e. The van der Waals surface area contributed by atoms with Crippen LogP contribution in [0.2, 0.25) is 0 Å². The molecule has 122 valence electrons. The molecule has 0 amide bonds. The Bertz CT molecular complexity index is 949. The summed E-state index contributed by atoms with van der Waals surface area (Å²) in [6.45, 7) is 0.435. The van der Waals surface area contributed by atoms with Crippen LogP contribution in [-0.2, 0) is 21.3 Å². The van der Waals surface area contributed by atoms with Crippen molar-refractivity contribution in [2.45, 2.75) is 6.73 Å². The first-order valence-corrected chi connectivity index (χ1v) is 8.32. The third kappa shape index (κ3) is 3.15. The van der Waals surface area contributed by atoms with Gasteiger partial charge in [0.25, 0.3) is 0 Å². The first kappa shape index (κ1) is 15.8. The van der Waals surface area contributed by atoms with E-state index in [1.165, 1.54) is 0 Å². The molecule has 3 N–H and O–H groups in total. The van der Waals surface area contributed by atoms with Crippen molar-refractivity contribution in [1.29, 1.82) is 0 Å². The fourth-order valence-electron chi connectivity index (χ4n) is 2.61. The predicted octanol–water partition coefficient (Wildman–Crippen LogP) is 1.91. The molecule has 1 heterocycles. The van der Waals surface area contributed by atoms with E-state index in [1.807, 2.05) is 36.4 Å². The zero-order valence-electron chi connectivity index (χ0n) is 12.2. The Morgan fingerprint density at radius 1 is 1.09 bits per heavy atom. The van der Waals surface area contributed by atoms with Gasteiger partial charge in [0, 0.05) is 17.3 Å². The average molecular weight is 336 g/mol. The van der Waals surface area contributed by atoms with Gasteiger partial charge >= 0.3 is 10.4 Å². The first-order chi connectivity index (χ1) is 11.0. The van der Waals surface area contributed by atoms with Crippen LogP contribution >= 0.6 is 0 Å². The van der Waals surface area contributed by atoms with Crippen molar-refractivity contribution in [2.24, 2.45) is 5.73 Å². The van der Waals surface area contributed by atoms with Gasteiger partial charge in [-0.1, -0.05) is 24.3 Å². The lowest BCUT2D eigenvalue weighted by molar-refractivity contribution is 0.216. The maximum atomic E-state index is 10.9. The monoisotopic (exact) mass is 336 g/mol. The highest BCUT2D eigenvalue weighted by Gasteiger charge is 2.16. The Morgan fingerprint density at radius 3 is 2.57 bits per heavy atom. The predicted molar refractivity (Wildman–Crippen MR) is 86.6 cm³/mol. The standard InChI is InChI=1S/C15H16N2O5S/c16-8-9-21-14-7-3-6-13-15(14)11-4-1-2-5-12(11)17(13)10-22-23(18,19)20/h1-7H,8-10,16H2,(H,18,19,20). The lowest BCUT2D eigenvalue weighted by atomic mass is 10.1. The van der Waals surface area contributed by atoms with Crippen LogP contribution in [0.15, 0.2) is 42.5 Å². The molecule has 0 fully saturated rings. The van der Waals surface area contributed by atoms with Gasteiger partial charge < -0.3 is 15.0 Å². The molecule has 3 aromatic rings. The second kappa shape index (κ2) is 6.17. The number of ether oxygens (including phenoxy) is 1. The molecule has 0 spiro atoms. The summed E-state index contributed by atoms with van der Waals surface area (Å²) in [5, 5.41) is 1.74. The van der Waals surface area contributed by atoms with Crippen LogP contribution in [0, 0.1) is 0 Å². The molecule has 8 heteroatoms. The highest BCUT2D eigenvalue weighted by atomic mass is 32.3. The lowest BCUT2D eigenvalue weighted by Crippen LogP contribution is -2.10. The molecule has 0 aliphatic heterocycles. The summed E-state index contributed by atoms with van der Waals surface area (Å²) in [4.78, 5) is 0. The molecule has 0 radical (unpaired) electrons. The van der Waals surface area contributed by atoms with E-state index < -0.39 is 10.4 Å². The molecular formula is C15H16N2O5S. The maximum absolute atomic E-state index is 10.9. The van der Waals surface area contributed by atoms with Crippen molar-refractivity contribution in [2.75, 3.05) is 13.2 Å². The number of para-hydroxylation sites is 1. The molecule has 23 heavy (non-hydrogen) atoms. The lowest BCUT2D eigenvalue weighted by Gasteiger charge is -2.08. The summed E-state index contributed by atoms with van der Waals surface area (Å²) in [6, 6.07) is 12.9. The zero-order valence-corrected chi connectivity index (χ0v) is 13.0. The molecule has 0 saturated heterocycles. The van der Waals surface area contributed by atoms with Gasteiger partial charge in [0.15, 0.2) is 0 Å². The topological polar surface area (TPSA) is 104 Å². The van der Waals surface area contributed by atoms with Crippen molar-refractivity contribution in [3.63, 3.8) is 0 Å². The molecule has 3 rings (SSSR count). The van der Waals surface area contributed by atoms with Crippen molar-refractivity contribution in [3.05, 3.63) is 42.5 Å². The van der Waals surface area contributed by atoms with Gasteiger partial charge in [0.1, 0.15) is 19.1 Å². The quantitative estimate of drug-likeness (QED) is 0.666. The number of aromatic nitrogens is 1. The Kier molecular flexibility index (Phi) is 4.22. The summed E-state index contributed by atoms with van der Waals surface area (Å²) >= 11 is 0. The van der Waals surface area contributed by atoms with Crippen LogP contribution in [0.1, 0.15) is 0 Å². The molecule has 0 aliphatic rings. The summed E-state index contributed by atoms with van der Waals surface area (Å²) in [6.07, 6.45) is 0. The van der Waals surface area contributed by atoms with E-state index in [4.69, 9.17) is 15.0 Å². The van der Waals surface area contributed by atoms with Crippen LogP contribution in [-0.4, -0.2) is 30.7 Å². The molecule has 0 atom stereocenters. The number of rotatable bonds is 6. The molecule has 2 aromatic carbocycles.